The molecule has 1 fully saturated rings. The van der Waals surface area contributed by atoms with Gasteiger partial charge in [-0.2, -0.15) is 0 Å². The molecule has 1 saturated heterocycles. The van der Waals surface area contributed by atoms with E-state index in [1.165, 1.54) is 0 Å². The molecule has 0 aromatic heterocycles. The molecule has 7 nitrogen and oxygen atoms in total. The molecule has 4 rings (SSSR count). The number of rotatable bonds is 1. The Labute approximate surface area is 122 Å². The number of piperidine rings is 1. The highest BCUT2D eigenvalue weighted by molar-refractivity contribution is 6.05. The lowest BCUT2D eigenvalue weighted by Crippen LogP contribution is -2.49. The van der Waals surface area contributed by atoms with Crippen LogP contribution in [0, 0.1) is 0 Å². The number of benzene rings is 1. The van der Waals surface area contributed by atoms with Crippen LogP contribution in [0.4, 0.5) is 0 Å². The highest BCUT2D eigenvalue weighted by Crippen LogP contribution is 2.38. The zero-order chi connectivity index (χ0) is 14.3. The Morgan fingerprint density at radius 1 is 1.24 bits per heavy atom. The maximum absolute atomic E-state index is 12.5. The van der Waals surface area contributed by atoms with E-state index in [0.29, 0.717) is 23.6 Å². The van der Waals surface area contributed by atoms with Gasteiger partial charge in [0.25, 0.3) is 0 Å². The van der Waals surface area contributed by atoms with E-state index >= 15 is 0 Å². The summed E-state index contributed by atoms with van der Waals surface area (Å²) >= 11 is 0. The normalized spacial score (nSPS) is 22.9. The molecule has 1 spiro atoms. The second-order valence-corrected chi connectivity index (χ2v) is 5.67. The van der Waals surface area contributed by atoms with Crippen LogP contribution in [0.2, 0.25) is 0 Å². The van der Waals surface area contributed by atoms with Gasteiger partial charge < -0.3 is 10.1 Å². The first-order valence-electron chi connectivity index (χ1n) is 7.17. The molecule has 0 unspecified atom stereocenters. The molecule has 0 bridgehead atoms. The van der Waals surface area contributed by atoms with Crippen molar-refractivity contribution >= 4 is 11.6 Å². The lowest BCUT2D eigenvalue weighted by atomic mass is 9.83. The summed E-state index contributed by atoms with van der Waals surface area (Å²) in [7, 11) is 0. The summed E-state index contributed by atoms with van der Waals surface area (Å²) in [5, 5.41) is 7.36. The Kier molecular flexibility index (Phi) is 2.83. The number of hydrogen-bond acceptors (Lipinski definition) is 7. The lowest BCUT2D eigenvalue weighted by molar-refractivity contribution is 0.0187. The number of ether oxygens (including phenoxy) is 1. The van der Waals surface area contributed by atoms with Crippen LogP contribution in [0.3, 0.4) is 0 Å². The van der Waals surface area contributed by atoms with E-state index in [4.69, 9.17) is 4.74 Å². The fourth-order valence-electron chi connectivity index (χ4n) is 3.14. The van der Waals surface area contributed by atoms with Crippen LogP contribution in [0.1, 0.15) is 35.2 Å². The Balaban J connectivity index is 1.67. The fraction of sp³-hybridized carbons (Fsp3) is 0.429. The molecule has 0 atom stereocenters. The Bertz CT molecular complexity index is 622. The van der Waals surface area contributed by atoms with Crippen LogP contribution in [0.25, 0.3) is 0 Å². The minimum Gasteiger partial charge on any atom is -0.486 e. The van der Waals surface area contributed by atoms with E-state index in [-0.39, 0.29) is 11.4 Å². The third-order valence-corrected chi connectivity index (χ3v) is 4.28. The van der Waals surface area contributed by atoms with Gasteiger partial charge in [0.15, 0.2) is 11.6 Å². The van der Waals surface area contributed by atoms with Crippen molar-refractivity contribution in [2.75, 3.05) is 13.1 Å². The number of hydrogen-bond donors (Lipinski definition) is 4. The first-order chi connectivity index (χ1) is 10.3. The van der Waals surface area contributed by atoms with Crippen molar-refractivity contribution in [3.8, 4) is 5.75 Å². The van der Waals surface area contributed by atoms with Gasteiger partial charge in [0.2, 0.25) is 0 Å². The molecule has 3 aliphatic heterocycles. The van der Waals surface area contributed by atoms with E-state index in [1.807, 2.05) is 18.2 Å². The van der Waals surface area contributed by atoms with Gasteiger partial charge in [-0.25, -0.2) is 5.53 Å². The summed E-state index contributed by atoms with van der Waals surface area (Å²) < 4.78 is 6.20. The molecule has 1 aromatic carbocycles. The Hall–Kier alpha value is -2.12. The van der Waals surface area contributed by atoms with Crippen molar-refractivity contribution in [1.29, 1.82) is 0 Å². The van der Waals surface area contributed by atoms with Crippen LogP contribution in [-0.2, 0) is 0 Å². The SMILES string of the molecule is O=C1CC2(CCNCC2)Oc2ccc(C3=NNNN3)cc21. The predicted octanol–water partition coefficient (Wildman–Crippen LogP) is 0.0480. The summed E-state index contributed by atoms with van der Waals surface area (Å²) in [6, 6.07) is 5.62. The summed E-state index contributed by atoms with van der Waals surface area (Å²) in [5.41, 5.74) is 9.36. The van der Waals surface area contributed by atoms with Gasteiger partial charge >= 0.3 is 0 Å². The number of fused-ring (bicyclic) bond motifs is 1. The lowest BCUT2D eigenvalue weighted by Gasteiger charge is -2.40. The van der Waals surface area contributed by atoms with Crippen LogP contribution >= 0.6 is 0 Å². The van der Waals surface area contributed by atoms with Crippen molar-refractivity contribution in [3.63, 3.8) is 0 Å². The maximum atomic E-state index is 12.5. The first kappa shape index (κ1) is 12.6. The van der Waals surface area contributed by atoms with E-state index < -0.39 is 0 Å². The van der Waals surface area contributed by atoms with Crippen molar-refractivity contribution < 1.29 is 9.53 Å². The summed E-state index contributed by atoms with van der Waals surface area (Å²) in [6.07, 6.45) is 2.21. The van der Waals surface area contributed by atoms with Gasteiger partial charge in [-0.15, -0.1) is 10.6 Å². The van der Waals surface area contributed by atoms with E-state index in [0.717, 1.165) is 31.5 Å². The Morgan fingerprint density at radius 2 is 2.10 bits per heavy atom. The number of carbonyl (C=O) groups is 1. The van der Waals surface area contributed by atoms with E-state index in [9.17, 15) is 4.79 Å². The van der Waals surface area contributed by atoms with Crippen molar-refractivity contribution in [3.05, 3.63) is 29.3 Å². The van der Waals surface area contributed by atoms with Crippen LogP contribution in [0.15, 0.2) is 23.3 Å². The zero-order valence-electron chi connectivity index (χ0n) is 11.5. The highest BCUT2D eigenvalue weighted by Gasteiger charge is 2.41. The average Bonchev–Trinajstić information content (AvgIpc) is 3.02. The quantitative estimate of drug-likeness (QED) is 0.584. The zero-order valence-corrected chi connectivity index (χ0v) is 11.5. The standard InChI is InChI=1S/C14H17N5O2/c20-11-8-14(3-5-15-6-4-14)21-12-2-1-9(7-10(11)12)13-16-18-19-17-13/h1-2,7,15,18-19H,3-6,8H2,(H,16,17). The molecule has 21 heavy (non-hydrogen) atoms. The highest BCUT2D eigenvalue weighted by atomic mass is 16.5. The first-order valence-corrected chi connectivity index (χ1v) is 7.17. The van der Waals surface area contributed by atoms with Gasteiger partial charge in [0.05, 0.1) is 12.0 Å². The van der Waals surface area contributed by atoms with Crippen molar-refractivity contribution in [2.45, 2.75) is 24.9 Å². The molecule has 0 radical (unpaired) electrons. The van der Waals surface area contributed by atoms with Gasteiger partial charge in [0, 0.05) is 18.4 Å². The molecule has 0 aliphatic carbocycles. The molecule has 0 amide bonds. The molecule has 3 heterocycles. The smallest absolute Gasteiger partial charge is 0.170 e. The number of nitrogens with zero attached hydrogens (tertiary/aromatic N) is 1. The molecule has 7 heteroatoms. The average molecular weight is 287 g/mol. The number of nitrogens with one attached hydrogen (secondary N) is 4. The molecule has 0 saturated carbocycles. The van der Waals surface area contributed by atoms with Gasteiger partial charge in [-0.1, -0.05) is 0 Å². The third kappa shape index (κ3) is 2.14. The maximum Gasteiger partial charge on any atom is 0.170 e. The van der Waals surface area contributed by atoms with E-state index in [2.05, 4.69) is 26.9 Å². The fourth-order valence-corrected chi connectivity index (χ4v) is 3.14. The predicted molar refractivity (Wildman–Crippen MR) is 76.8 cm³/mol. The largest absolute Gasteiger partial charge is 0.486 e. The second kappa shape index (κ2) is 4.71. The van der Waals surface area contributed by atoms with Crippen LogP contribution in [0.5, 0.6) is 5.75 Å². The van der Waals surface area contributed by atoms with Gasteiger partial charge in [-0.3, -0.25) is 10.2 Å². The second-order valence-electron chi connectivity index (χ2n) is 5.67. The summed E-state index contributed by atoms with van der Waals surface area (Å²) in [4.78, 5) is 12.5. The Morgan fingerprint density at radius 3 is 2.86 bits per heavy atom. The molecule has 110 valence electrons. The molecule has 4 N–H and O–H groups in total. The number of hydrazone groups is 1. The van der Waals surface area contributed by atoms with Crippen LogP contribution < -0.4 is 26.5 Å². The number of Topliss-reactive ketones (excluding diaryl/α,β-unsaturated/α-hetero) is 1. The molecule has 3 aliphatic rings. The minimum atomic E-state index is -0.316. The van der Waals surface area contributed by atoms with Crippen molar-refractivity contribution in [1.82, 2.24) is 21.8 Å². The van der Waals surface area contributed by atoms with Crippen LogP contribution in [-0.4, -0.2) is 30.3 Å². The summed E-state index contributed by atoms with van der Waals surface area (Å²) in [6.45, 7) is 1.80. The molecule has 1 aromatic rings. The van der Waals surface area contributed by atoms with Gasteiger partial charge in [0.1, 0.15) is 11.4 Å². The number of amidine groups is 1. The van der Waals surface area contributed by atoms with Crippen molar-refractivity contribution in [2.24, 2.45) is 5.10 Å². The monoisotopic (exact) mass is 287 g/mol. The number of hydrazine groups is 2. The van der Waals surface area contributed by atoms with E-state index in [1.54, 1.807) is 0 Å². The third-order valence-electron chi connectivity index (χ3n) is 4.28. The van der Waals surface area contributed by atoms with Gasteiger partial charge in [-0.05, 0) is 31.3 Å². The molecular weight excluding hydrogens is 270 g/mol. The number of ketones is 1. The molecular formula is C14H17N5O2. The minimum absolute atomic E-state index is 0.152. The summed E-state index contributed by atoms with van der Waals surface area (Å²) in [5.74, 6) is 1.50. The number of carbonyl (C=O) groups excluding carboxylic acids is 1. The topological polar surface area (TPSA) is 86.8 Å².